The number of carboxylic acid groups (broad SMARTS) is 1. The van der Waals surface area contributed by atoms with Crippen LogP contribution in [-0.4, -0.2) is 51.6 Å². The minimum absolute atomic E-state index is 0.248. The molecule has 1 fully saturated rings. The molecular formula is C13H24N2O3S. The quantitative estimate of drug-likeness (QED) is 0.813. The second kappa shape index (κ2) is 7.62. The second-order valence-corrected chi connectivity index (χ2v) is 7.03. The lowest BCUT2D eigenvalue weighted by molar-refractivity contribution is -0.139. The zero-order valence-electron chi connectivity index (χ0n) is 11.9. The van der Waals surface area contributed by atoms with Gasteiger partial charge in [-0.15, -0.1) is 0 Å². The number of nitrogens with one attached hydrogen (secondary N) is 1. The van der Waals surface area contributed by atoms with Crippen molar-refractivity contribution in [2.45, 2.75) is 56.6 Å². The van der Waals surface area contributed by atoms with Gasteiger partial charge >= 0.3 is 12.0 Å². The Bertz CT molecular complexity index is 315. The number of amides is 2. The number of carbonyl (C=O) groups is 2. The summed E-state index contributed by atoms with van der Waals surface area (Å²) in [6.07, 6.45) is 2.22. The van der Waals surface area contributed by atoms with Crippen molar-refractivity contribution in [1.29, 1.82) is 0 Å². The van der Waals surface area contributed by atoms with E-state index in [1.165, 1.54) is 0 Å². The molecule has 0 aromatic heterocycles. The first kappa shape index (κ1) is 16.1. The first-order valence-corrected chi connectivity index (χ1v) is 7.82. The van der Waals surface area contributed by atoms with Crippen molar-refractivity contribution in [3.05, 3.63) is 0 Å². The van der Waals surface area contributed by atoms with Gasteiger partial charge in [-0.2, -0.15) is 11.8 Å². The van der Waals surface area contributed by atoms with Crippen molar-refractivity contribution >= 4 is 23.8 Å². The van der Waals surface area contributed by atoms with E-state index in [0.717, 1.165) is 12.8 Å². The number of hydrogen-bond acceptors (Lipinski definition) is 3. The zero-order chi connectivity index (χ0) is 14.4. The number of rotatable bonds is 5. The van der Waals surface area contributed by atoms with E-state index in [9.17, 15) is 9.59 Å². The monoisotopic (exact) mass is 288 g/mol. The standard InChI is InChI=1S/C13H24N2O3S/c1-4-5-6-11(12(16)17)14-13(18)15-7-9(2)19-10(3)8-15/h9-11H,4-8H2,1-3H3,(H,14,18)(H,16,17). The summed E-state index contributed by atoms with van der Waals surface area (Å²) in [6.45, 7) is 7.55. The number of carboxylic acids is 1. The molecule has 2 N–H and O–H groups in total. The van der Waals surface area contributed by atoms with Crippen LogP contribution in [-0.2, 0) is 4.79 Å². The maximum Gasteiger partial charge on any atom is 0.326 e. The fraction of sp³-hybridized carbons (Fsp3) is 0.846. The average Bonchev–Trinajstić information content (AvgIpc) is 2.32. The minimum atomic E-state index is -0.950. The van der Waals surface area contributed by atoms with Crippen LogP contribution in [0.3, 0.4) is 0 Å². The molecule has 0 saturated carbocycles. The van der Waals surface area contributed by atoms with E-state index in [-0.39, 0.29) is 6.03 Å². The summed E-state index contributed by atoms with van der Waals surface area (Å²) < 4.78 is 0. The molecular weight excluding hydrogens is 264 g/mol. The van der Waals surface area contributed by atoms with Gasteiger partial charge in [0.25, 0.3) is 0 Å². The SMILES string of the molecule is CCCCC(NC(=O)N1CC(C)SC(C)C1)C(=O)O. The second-order valence-electron chi connectivity index (χ2n) is 5.14. The van der Waals surface area contributed by atoms with Crippen molar-refractivity contribution in [1.82, 2.24) is 10.2 Å². The van der Waals surface area contributed by atoms with Gasteiger partial charge in [0.1, 0.15) is 6.04 Å². The van der Waals surface area contributed by atoms with Crippen molar-refractivity contribution in [2.24, 2.45) is 0 Å². The lowest BCUT2D eigenvalue weighted by Crippen LogP contribution is -2.52. The van der Waals surface area contributed by atoms with Gasteiger partial charge in [-0.05, 0) is 6.42 Å². The van der Waals surface area contributed by atoms with Crippen LogP contribution >= 0.6 is 11.8 Å². The first-order chi connectivity index (χ1) is 8.93. The summed E-state index contributed by atoms with van der Waals surface area (Å²) in [4.78, 5) is 25.0. The van der Waals surface area contributed by atoms with Crippen LogP contribution in [0.1, 0.15) is 40.0 Å². The smallest absolute Gasteiger partial charge is 0.326 e. The van der Waals surface area contributed by atoms with Crippen LogP contribution in [0.2, 0.25) is 0 Å². The lowest BCUT2D eigenvalue weighted by atomic mass is 10.1. The molecule has 1 rings (SSSR count). The number of aliphatic carboxylic acids is 1. The number of nitrogens with zero attached hydrogens (tertiary/aromatic N) is 1. The maximum atomic E-state index is 12.1. The molecule has 0 radical (unpaired) electrons. The van der Waals surface area contributed by atoms with Crippen LogP contribution in [0.25, 0.3) is 0 Å². The Hall–Kier alpha value is -0.910. The molecule has 6 heteroatoms. The summed E-state index contributed by atoms with van der Waals surface area (Å²) in [6, 6.07) is -1.02. The predicted molar refractivity (Wildman–Crippen MR) is 77.6 cm³/mol. The summed E-state index contributed by atoms with van der Waals surface area (Å²) in [5.41, 5.74) is 0. The highest BCUT2D eigenvalue weighted by molar-refractivity contribution is 8.00. The molecule has 1 aliphatic heterocycles. The molecule has 0 aromatic carbocycles. The molecule has 1 heterocycles. The highest BCUT2D eigenvalue weighted by Crippen LogP contribution is 2.24. The summed E-state index contributed by atoms with van der Waals surface area (Å²) in [5, 5.41) is 12.5. The molecule has 3 atom stereocenters. The van der Waals surface area contributed by atoms with Gasteiger partial charge in [-0.25, -0.2) is 9.59 Å². The Morgan fingerprint density at radius 1 is 1.37 bits per heavy atom. The van der Waals surface area contributed by atoms with Crippen LogP contribution in [0.15, 0.2) is 0 Å². The molecule has 0 aromatic rings. The Labute approximate surface area is 119 Å². The van der Waals surface area contributed by atoms with Crippen LogP contribution < -0.4 is 5.32 Å². The van der Waals surface area contributed by atoms with Gasteiger partial charge in [0.05, 0.1) is 0 Å². The lowest BCUT2D eigenvalue weighted by Gasteiger charge is -2.35. The summed E-state index contributed by atoms with van der Waals surface area (Å²) in [7, 11) is 0. The zero-order valence-corrected chi connectivity index (χ0v) is 12.7. The Morgan fingerprint density at radius 2 is 1.95 bits per heavy atom. The molecule has 0 aliphatic carbocycles. The third kappa shape index (κ3) is 5.30. The van der Waals surface area contributed by atoms with E-state index in [1.807, 2.05) is 18.7 Å². The number of thioether (sulfide) groups is 1. The molecule has 2 amide bonds. The van der Waals surface area contributed by atoms with Gasteiger partial charge in [-0.1, -0.05) is 33.6 Å². The molecule has 0 spiro atoms. The van der Waals surface area contributed by atoms with Crippen molar-refractivity contribution in [3.63, 3.8) is 0 Å². The van der Waals surface area contributed by atoms with Crippen LogP contribution in [0, 0.1) is 0 Å². The van der Waals surface area contributed by atoms with Gasteiger partial charge in [0.15, 0.2) is 0 Å². The van der Waals surface area contributed by atoms with Crippen molar-refractivity contribution in [3.8, 4) is 0 Å². The third-order valence-corrected chi connectivity index (χ3v) is 4.38. The summed E-state index contributed by atoms with van der Waals surface area (Å²) in [5.74, 6) is -0.950. The Balaban J connectivity index is 2.53. The molecule has 5 nitrogen and oxygen atoms in total. The minimum Gasteiger partial charge on any atom is -0.480 e. The number of carbonyl (C=O) groups excluding carboxylic acids is 1. The molecule has 1 aliphatic rings. The van der Waals surface area contributed by atoms with Gasteiger partial charge in [0, 0.05) is 23.6 Å². The topological polar surface area (TPSA) is 69.6 Å². The number of unbranched alkanes of at least 4 members (excludes halogenated alkanes) is 1. The highest BCUT2D eigenvalue weighted by Gasteiger charge is 2.28. The van der Waals surface area contributed by atoms with E-state index >= 15 is 0 Å². The maximum absolute atomic E-state index is 12.1. The van der Waals surface area contributed by atoms with E-state index in [0.29, 0.717) is 30.0 Å². The third-order valence-electron chi connectivity index (χ3n) is 3.15. The highest BCUT2D eigenvalue weighted by atomic mass is 32.2. The number of urea groups is 1. The fourth-order valence-electron chi connectivity index (χ4n) is 2.25. The van der Waals surface area contributed by atoms with Crippen molar-refractivity contribution < 1.29 is 14.7 Å². The first-order valence-electron chi connectivity index (χ1n) is 6.87. The van der Waals surface area contributed by atoms with Gasteiger partial charge < -0.3 is 15.3 Å². The van der Waals surface area contributed by atoms with E-state index in [2.05, 4.69) is 19.2 Å². The van der Waals surface area contributed by atoms with Crippen LogP contribution in [0.4, 0.5) is 4.79 Å². The van der Waals surface area contributed by atoms with Crippen molar-refractivity contribution in [2.75, 3.05) is 13.1 Å². The van der Waals surface area contributed by atoms with Gasteiger partial charge in [0.2, 0.25) is 0 Å². The van der Waals surface area contributed by atoms with Gasteiger partial charge in [-0.3, -0.25) is 0 Å². The average molecular weight is 288 g/mol. The Kier molecular flexibility index (Phi) is 6.48. The van der Waals surface area contributed by atoms with E-state index in [4.69, 9.17) is 5.11 Å². The van der Waals surface area contributed by atoms with E-state index in [1.54, 1.807) is 4.90 Å². The largest absolute Gasteiger partial charge is 0.480 e. The van der Waals surface area contributed by atoms with Crippen LogP contribution in [0.5, 0.6) is 0 Å². The molecule has 1 saturated heterocycles. The molecule has 0 bridgehead atoms. The van der Waals surface area contributed by atoms with E-state index < -0.39 is 12.0 Å². The number of hydrogen-bond donors (Lipinski definition) is 2. The molecule has 3 unspecified atom stereocenters. The molecule has 19 heavy (non-hydrogen) atoms. The summed E-state index contributed by atoms with van der Waals surface area (Å²) >= 11 is 1.86. The fourth-order valence-corrected chi connectivity index (χ4v) is 3.57. The molecule has 110 valence electrons. The Morgan fingerprint density at radius 3 is 2.42 bits per heavy atom. The normalized spacial score (nSPS) is 24.9. The predicted octanol–water partition coefficient (Wildman–Crippen LogP) is 2.17.